The number of hydrogen-bond acceptors (Lipinski definition) is 7. The van der Waals surface area contributed by atoms with E-state index in [1.807, 2.05) is 48.5 Å². The molecule has 0 bridgehead atoms. The van der Waals surface area contributed by atoms with Gasteiger partial charge in [0.15, 0.2) is 12.1 Å². The smallest absolute Gasteiger partial charge is 0.272 e. The van der Waals surface area contributed by atoms with E-state index < -0.39 is 21.8 Å². The minimum atomic E-state index is -2.01. The van der Waals surface area contributed by atoms with Gasteiger partial charge in [0.25, 0.3) is 9.70 Å². The fraction of sp³-hybridized carbons (Fsp3) is 0.552. The number of rotatable bonds is 7. The predicted octanol–water partition coefficient (Wildman–Crippen LogP) is 4.80. The third kappa shape index (κ3) is 7.12. The van der Waals surface area contributed by atoms with Gasteiger partial charge in [0.2, 0.25) is 0 Å². The Kier molecular flexibility index (Phi) is 9.62. The van der Waals surface area contributed by atoms with Gasteiger partial charge >= 0.3 is 0 Å². The lowest BCUT2D eigenvalue weighted by molar-refractivity contribution is -0.278. The Bertz CT molecular complexity index is 1130. The number of benzene rings is 2. The lowest BCUT2D eigenvalue weighted by Crippen LogP contribution is -2.50. The molecule has 2 aromatic rings. The van der Waals surface area contributed by atoms with Gasteiger partial charge in [-0.15, -0.1) is 0 Å². The van der Waals surface area contributed by atoms with Gasteiger partial charge in [-0.1, -0.05) is 90.3 Å². The number of piperidine rings is 1. The minimum absolute atomic E-state index is 0.00589. The molecule has 1 spiro atoms. The van der Waals surface area contributed by atoms with Crippen LogP contribution in [0.15, 0.2) is 48.5 Å². The van der Waals surface area contributed by atoms with Crippen LogP contribution in [0, 0.1) is 5.92 Å². The number of aliphatic hydroxyl groups is 1. The van der Waals surface area contributed by atoms with Crippen molar-refractivity contribution in [2.24, 2.45) is 5.92 Å². The highest BCUT2D eigenvalue weighted by atomic mass is 35.6. The summed E-state index contributed by atoms with van der Waals surface area (Å²) in [6.45, 7) is 6.23. The van der Waals surface area contributed by atoms with Gasteiger partial charge in [0, 0.05) is 50.5 Å². The van der Waals surface area contributed by atoms with Crippen molar-refractivity contribution in [3.63, 3.8) is 0 Å². The van der Waals surface area contributed by atoms with Crippen LogP contribution in [-0.2, 0) is 36.9 Å². The molecule has 8 nitrogen and oxygen atoms in total. The molecule has 3 heterocycles. The molecule has 0 radical (unpaired) electrons. The molecule has 4 atom stereocenters. The quantitative estimate of drug-likeness (QED) is 0.434. The second kappa shape index (κ2) is 12.8. The van der Waals surface area contributed by atoms with Gasteiger partial charge in [0.1, 0.15) is 0 Å². The molecule has 40 heavy (non-hydrogen) atoms. The summed E-state index contributed by atoms with van der Waals surface area (Å²) in [7, 11) is 0. The number of alkyl halides is 3. The highest BCUT2D eigenvalue weighted by Gasteiger charge is 2.43. The molecule has 11 heteroatoms. The Labute approximate surface area is 249 Å². The van der Waals surface area contributed by atoms with Crippen LogP contribution in [0.3, 0.4) is 0 Å². The van der Waals surface area contributed by atoms with Crippen molar-refractivity contribution in [3.05, 3.63) is 70.8 Å². The van der Waals surface area contributed by atoms with Crippen molar-refractivity contribution < 1.29 is 28.8 Å². The molecule has 2 aromatic carbocycles. The molecule has 0 aliphatic carbocycles. The first-order chi connectivity index (χ1) is 19.2. The van der Waals surface area contributed by atoms with Crippen molar-refractivity contribution in [2.45, 2.75) is 61.0 Å². The van der Waals surface area contributed by atoms with E-state index in [0.717, 1.165) is 54.7 Å². The number of nitrogens with zero attached hydrogens (tertiary/aromatic N) is 1. The second-order valence-electron chi connectivity index (χ2n) is 10.7. The topological polar surface area (TPSA) is 89.5 Å². The van der Waals surface area contributed by atoms with Crippen molar-refractivity contribution >= 4 is 40.7 Å². The molecule has 3 aliphatic rings. The van der Waals surface area contributed by atoms with Crippen LogP contribution in [0.4, 0.5) is 0 Å². The van der Waals surface area contributed by atoms with Crippen molar-refractivity contribution in [1.29, 1.82) is 0 Å². The number of ether oxygens (including phenoxy) is 4. The molecule has 2 N–H and O–H groups in total. The van der Waals surface area contributed by atoms with E-state index in [-0.39, 0.29) is 31.3 Å². The Hall–Kier alpha value is -1.46. The number of aliphatic hydroxyl groups excluding tert-OH is 1. The molecule has 1 amide bonds. The standard InChI is InChI=1S/C29H35Cl3N2O6/c1-19-24(17-34-12-10-28(11-13-34)37-14-15-38-28)39-26(40-25(19)22-6-4-21(18-35)5-7-22)23-8-2-20(3-9-23)16-33-27(36)29(30,31)32/h2-9,19,24-26,35H,10-18H2,1H3,(H,33,36). The van der Waals surface area contributed by atoms with Crippen molar-refractivity contribution in [1.82, 2.24) is 10.2 Å². The third-order valence-electron chi connectivity index (χ3n) is 7.96. The number of likely N-dealkylation sites (tertiary alicyclic amines) is 1. The summed E-state index contributed by atoms with van der Waals surface area (Å²) in [6, 6.07) is 15.5. The van der Waals surface area contributed by atoms with Crippen molar-refractivity contribution in [3.8, 4) is 0 Å². The lowest BCUT2D eigenvalue weighted by atomic mass is 9.89. The van der Waals surface area contributed by atoms with Crippen LogP contribution in [0.5, 0.6) is 0 Å². The third-order valence-corrected chi connectivity index (χ3v) is 8.47. The first kappa shape index (κ1) is 30.0. The molecule has 5 rings (SSSR count). The Morgan fingerprint density at radius 2 is 1.57 bits per heavy atom. The molecular formula is C29H35Cl3N2O6. The lowest BCUT2D eigenvalue weighted by Gasteiger charge is -2.44. The normalized spacial score (nSPS) is 27.1. The first-order valence-electron chi connectivity index (χ1n) is 13.6. The highest BCUT2D eigenvalue weighted by Crippen LogP contribution is 2.42. The molecular weight excluding hydrogens is 579 g/mol. The van der Waals surface area contributed by atoms with E-state index >= 15 is 0 Å². The molecule has 3 fully saturated rings. The first-order valence-corrected chi connectivity index (χ1v) is 14.7. The zero-order chi connectivity index (χ0) is 28.3. The number of carbonyl (C=O) groups is 1. The number of hydrogen-bond donors (Lipinski definition) is 2. The molecule has 0 aromatic heterocycles. The zero-order valence-corrected chi connectivity index (χ0v) is 24.6. The van der Waals surface area contributed by atoms with Crippen LogP contribution in [-0.4, -0.2) is 64.4 Å². The monoisotopic (exact) mass is 612 g/mol. The molecule has 3 saturated heterocycles. The maximum atomic E-state index is 11.9. The van der Waals surface area contributed by atoms with Crippen LogP contribution < -0.4 is 5.32 Å². The Balaban J connectivity index is 1.30. The van der Waals surface area contributed by atoms with Gasteiger partial charge in [-0.3, -0.25) is 4.79 Å². The second-order valence-corrected chi connectivity index (χ2v) is 12.9. The van der Waals surface area contributed by atoms with E-state index in [0.29, 0.717) is 13.2 Å². The SMILES string of the molecule is CC1C(CN2CCC3(CC2)OCCO3)OC(c2ccc(CNC(=O)C(Cl)(Cl)Cl)cc2)OC1c1ccc(CO)cc1. The summed E-state index contributed by atoms with van der Waals surface area (Å²) >= 11 is 16.9. The Morgan fingerprint density at radius 3 is 2.17 bits per heavy atom. The number of carbonyl (C=O) groups excluding carboxylic acids is 1. The maximum Gasteiger partial charge on any atom is 0.272 e. The van der Waals surface area contributed by atoms with E-state index in [4.69, 9.17) is 53.8 Å². The van der Waals surface area contributed by atoms with E-state index in [9.17, 15) is 9.90 Å². The van der Waals surface area contributed by atoms with Gasteiger partial charge in [-0.05, 0) is 16.7 Å². The zero-order valence-electron chi connectivity index (χ0n) is 22.4. The van der Waals surface area contributed by atoms with E-state index in [1.165, 1.54) is 0 Å². The van der Waals surface area contributed by atoms with Crippen LogP contribution >= 0.6 is 34.8 Å². The summed E-state index contributed by atoms with van der Waals surface area (Å²) in [5.74, 6) is -1.01. The van der Waals surface area contributed by atoms with Gasteiger partial charge in [-0.25, -0.2) is 0 Å². The van der Waals surface area contributed by atoms with Crippen LogP contribution in [0.1, 0.15) is 54.4 Å². The maximum absolute atomic E-state index is 11.9. The fourth-order valence-electron chi connectivity index (χ4n) is 5.52. The van der Waals surface area contributed by atoms with Gasteiger partial charge in [-0.2, -0.15) is 0 Å². The molecule has 3 aliphatic heterocycles. The largest absolute Gasteiger partial charge is 0.392 e. The summed E-state index contributed by atoms with van der Waals surface area (Å²) in [4.78, 5) is 14.3. The van der Waals surface area contributed by atoms with E-state index in [1.54, 1.807) is 0 Å². The van der Waals surface area contributed by atoms with Crippen LogP contribution in [0.2, 0.25) is 0 Å². The average molecular weight is 614 g/mol. The summed E-state index contributed by atoms with van der Waals surface area (Å²) in [5.41, 5.74) is 3.62. The van der Waals surface area contributed by atoms with Gasteiger partial charge < -0.3 is 34.3 Å². The number of amides is 1. The van der Waals surface area contributed by atoms with E-state index in [2.05, 4.69) is 17.1 Å². The Morgan fingerprint density at radius 1 is 0.975 bits per heavy atom. The summed E-state index contributed by atoms with van der Waals surface area (Å²) < 4.78 is 23.0. The van der Waals surface area contributed by atoms with Gasteiger partial charge in [0.05, 0.1) is 32.0 Å². The number of nitrogens with one attached hydrogen (secondary N) is 1. The van der Waals surface area contributed by atoms with Crippen molar-refractivity contribution in [2.75, 3.05) is 32.8 Å². The average Bonchev–Trinajstić information content (AvgIpc) is 3.42. The molecule has 4 unspecified atom stereocenters. The number of halogens is 3. The minimum Gasteiger partial charge on any atom is -0.392 e. The highest BCUT2D eigenvalue weighted by molar-refractivity contribution is 6.76. The molecule has 218 valence electrons. The fourth-order valence-corrected chi connectivity index (χ4v) is 5.72. The molecule has 0 saturated carbocycles. The summed E-state index contributed by atoms with van der Waals surface area (Å²) in [6.07, 6.45) is 0.833. The predicted molar refractivity (Wildman–Crippen MR) is 152 cm³/mol. The summed E-state index contributed by atoms with van der Waals surface area (Å²) in [5, 5.41) is 12.1. The van der Waals surface area contributed by atoms with Crippen LogP contribution in [0.25, 0.3) is 0 Å².